The highest BCUT2D eigenvalue weighted by molar-refractivity contribution is 5.67. The van der Waals surface area contributed by atoms with E-state index in [0.717, 1.165) is 38.8 Å². The van der Waals surface area contributed by atoms with Gasteiger partial charge in [0.2, 0.25) is 0 Å². The molecule has 2 heterocycles. The van der Waals surface area contributed by atoms with E-state index < -0.39 is 5.97 Å². The van der Waals surface area contributed by atoms with Crippen LogP contribution in [0.4, 0.5) is 0 Å². The second kappa shape index (κ2) is 6.02. The monoisotopic (exact) mass is 255 g/mol. The van der Waals surface area contributed by atoms with Gasteiger partial charge < -0.3 is 9.84 Å². The zero-order valence-electron chi connectivity index (χ0n) is 11.5. The largest absolute Gasteiger partial charge is 0.481 e. The summed E-state index contributed by atoms with van der Waals surface area (Å²) >= 11 is 0. The first kappa shape index (κ1) is 13.8. The van der Waals surface area contributed by atoms with E-state index in [2.05, 4.69) is 18.7 Å². The minimum atomic E-state index is -0.657. The smallest absolute Gasteiger partial charge is 0.303 e. The van der Waals surface area contributed by atoms with Crippen LogP contribution >= 0.6 is 0 Å². The molecule has 0 spiro atoms. The molecule has 1 N–H and O–H groups in total. The summed E-state index contributed by atoms with van der Waals surface area (Å²) < 4.78 is 5.78. The fourth-order valence-corrected chi connectivity index (χ4v) is 3.51. The molecule has 0 amide bonds. The Kier molecular flexibility index (Phi) is 4.62. The lowest BCUT2D eigenvalue weighted by atomic mass is 9.90. The van der Waals surface area contributed by atoms with Crippen molar-refractivity contribution in [1.29, 1.82) is 0 Å². The van der Waals surface area contributed by atoms with Crippen molar-refractivity contribution in [3.8, 4) is 0 Å². The number of hydrogen-bond donors (Lipinski definition) is 1. The van der Waals surface area contributed by atoms with Gasteiger partial charge in [-0.25, -0.2) is 0 Å². The van der Waals surface area contributed by atoms with Gasteiger partial charge in [-0.05, 0) is 52.0 Å². The minimum absolute atomic E-state index is 0.324. The van der Waals surface area contributed by atoms with E-state index >= 15 is 0 Å². The molecule has 0 bridgehead atoms. The van der Waals surface area contributed by atoms with Crippen LogP contribution in [-0.2, 0) is 9.53 Å². The molecule has 4 heteroatoms. The van der Waals surface area contributed by atoms with Gasteiger partial charge >= 0.3 is 5.97 Å². The van der Waals surface area contributed by atoms with Crippen molar-refractivity contribution < 1.29 is 14.6 Å². The lowest BCUT2D eigenvalue weighted by Crippen LogP contribution is -2.48. The van der Waals surface area contributed by atoms with Gasteiger partial charge in [-0.2, -0.15) is 0 Å². The molecule has 2 aliphatic heterocycles. The molecule has 2 fully saturated rings. The van der Waals surface area contributed by atoms with Crippen molar-refractivity contribution in [3.63, 3.8) is 0 Å². The summed E-state index contributed by atoms with van der Waals surface area (Å²) in [7, 11) is 0. The quantitative estimate of drug-likeness (QED) is 0.839. The van der Waals surface area contributed by atoms with Crippen molar-refractivity contribution in [2.75, 3.05) is 13.1 Å². The fourth-order valence-electron chi connectivity index (χ4n) is 3.51. The van der Waals surface area contributed by atoms with Crippen LogP contribution in [0.2, 0.25) is 0 Å². The Morgan fingerprint density at radius 1 is 1.33 bits per heavy atom. The number of carbonyl (C=O) groups is 1. The molecular weight excluding hydrogens is 230 g/mol. The number of carboxylic acids is 1. The van der Waals surface area contributed by atoms with Gasteiger partial charge in [0.1, 0.15) is 0 Å². The van der Waals surface area contributed by atoms with Crippen LogP contribution in [0.1, 0.15) is 46.0 Å². The van der Waals surface area contributed by atoms with Gasteiger partial charge in [0.25, 0.3) is 0 Å². The highest BCUT2D eigenvalue weighted by Crippen LogP contribution is 2.28. The molecular formula is C14H25NO3. The van der Waals surface area contributed by atoms with E-state index in [-0.39, 0.29) is 0 Å². The maximum atomic E-state index is 10.8. The van der Waals surface area contributed by atoms with Crippen LogP contribution in [0.25, 0.3) is 0 Å². The number of piperidine rings is 1. The molecule has 0 aliphatic carbocycles. The molecule has 0 radical (unpaired) electrons. The Morgan fingerprint density at radius 2 is 2.00 bits per heavy atom. The van der Waals surface area contributed by atoms with E-state index in [1.54, 1.807) is 0 Å². The average Bonchev–Trinajstić information content (AvgIpc) is 2.27. The molecule has 0 aromatic rings. The Hall–Kier alpha value is -0.610. The standard InChI is InChI=1S/C14H25NO3/c1-10-6-13(7-11(2)18-10)15-5-3-4-12(9-15)8-14(16)17/h10-13H,3-9H2,1-2H3,(H,16,17). The molecule has 104 valence electrons. The van der Waals surface area contributed by atoms with Gasteiger partial charge in [-0.1, -0.05) is 0 Å². The van der Waals surface area contributed by atoms with Crippen LogP contribution < -0.4 is 0 Å². The van der Waals surface area contributed by atoms with E-state index in [1.165, 1.54) is 0 Å². The topological polar surface area (TPSA) is 49.8 Å². The summed E-state index contributed by atoms with van der Waals surface area (Å²) in [5.74, 6) is -0.319. The molecule has 3 atom stereocenters. The maximum Gasteiger partial charge on any atom is 0.303 e. The van der Waals surface area contributed by atoms with Gasteiger partial charge in [0.05, 0.1) is 12.2 Å². The molecule has 0 saturated carbocycles. The van der Waals surface area contributed by atoms with Crippen molar-refractivity contribution >= 4 is 5.97 Å². The molecule has 18 heavy (non-hydrogen) atoms. The van der Waals surface area contributed by atoms with Crippen LogP contribution in [0.3, 0.4) is 0 Å². The number of nitrogens with zero attached hydrogens (tertiary/aromatic N) is 1. The normalized spacial score (nSPS) is 38.6. The first-order valence-corrected chi connectivity index (χ1v) is 7.16. The zero-order valence-corrected chi connectivity index (χ0v) is 11.5. The van der Waals surface area contributed by atoms with Gasteiger partial charge in [-0.15, -0.1) is 0 Å². The third kappa shape index (κ3) is 3.69. The number of aliphatic carboxylic acids is 1. The zero-order chi connectivity index (χ0) is 13.1. The van der Waals surface area contributed by atoms with Crippen molar-refractivity contribution in [1.82, 2.24) is 4.90 Å². The first-order chi connectivity index (χ1) is 8.54. The van der Waals surface area contributed by atoms with E-state index in [9.17, 15) is 4.79 Å². The molecule has 3 unspecified atom stereocenters. The summed E-state index contributed by atoms with van der Waals surface area (Å²) in [4.78, 5) is 13.3. The third-order valence-corrected chi connectivity index (χ3v) is 4.20. The SMILES string of the molecule is CC1CC(N2CCCC(CC(=O)O)C2)CC(C)O1. The van der Waals surface area contributed by atoms with Crippen LogP contribution in [-0.4, -0.2) is 47.3 Å². The van der Waals surface area contributed by atoms with Crippen molar-refractivity contribution in [3.05, 3.63) is 0 Å². The second-order valence-corrected chi connectivity index (χ2v) is 5.98. The molecule has 2 saturated heterocycles. The van der Waals surface area contributed by atoms with Crippen LogP contribution in [0.5, 0.6) is 0 Å². The highest BCUT2D eigenvalue weighted by Gasteiger charge is 2.32. The molecule has 2 aliphatic rings. The highest BCUT2D eigenvalue weighted by atomic mass is 16.5. The Labute approximate surface area is 109 Å². The minimum Gasteiger partial charge on any atom is -0.481 e. The predicted molar refractivity (Wildman–Crippen MR) is 69.6 cm³/mol. The van der Waals surface area contributed by atoms with E-state index in [0.29, 0.717) is 30.6 Å². The average molecular weight is 255 g/mol. The van der Waals surface area contributed by atoms with Crippen LogP contribution in [0, 0.1) is 5.92 Å². The summed E-state index contributed by atoms with van der Waals surface area (Å²) in [6.07, 6.45) is 5.37. The van der Waals surface area contributed by atoms with Gasteiger partial charge in [0.15, 0.2) is 0 Å². The summed E-state index contributed by atoms with van der Waals surface area (Å²) in [5.41, 5.74) is 0. The molecule has 0 aromatic heterocycles. The number of ether oxygens (including phenoxy) is 1. The summed E-state index contributed by atoms with van der Waals surface area (Å²) in [6, 6.07) is 0.584. The number of hydrogen-bond acceptors (Lipinski definition) is 3. The second-order valence-electron chi connectivity index (χ2n) is 5.98. The lowest BCUT2D eigenvalue weighted by Gasteiger charge is -2.42. The fraction of sp³-hybridized carbons (Fsp3) is 0.929. The maximum absolute atomic E-state index is 10.8. The Balaban J connectivity index is 1.89. The van der Waals surface area contributed by atoms with Gasteiger partial charge in [-0.3, -0.25) is 9.69 Å². The van der Waals surface area contributed by atoms with Crippen LogP contribution in [0.15, 0.2) is 0 Å². The molecule has 2 rings (SSSR count). The molecule has 4 nitrogen and oxygen atoms in total. The lowest BCUT2D eigenvalue weighted by molar-refractivity contribution is -0.139. The number of likely N-dealkylation sites (tertiary alicyclic amines) is 1. The first-order valence-electron chi connectivity index (χ1n) is 7.16. The molecule has 0 aromatic carbocycles. The van der Waals surface area contributed by atoms with Crippen molar-refractivity contribution in [2.24, 2.45) is 5.92 Å². The third-order valence-electron chi connectivity index (χ3n) is 4.20. The summed E-state index contributed by atoms with van der Waals surface area (Å²) in [5, 5.41) is 8.91. The van der Waals surface area contributed by atoms with E-state index in [4.69, 9.17) is 9.84 Å². The predicted octanol–water partition coefficient (Wildman–Crippen LogP) is 2.13. The Bertz CT molecular complexity index is 285. The van der Waals surface area contributed by atoms with Crippen molar-refractivity contribution in [2.45, 2.75) is 64.2 Å². The van der Waals surface area contributed by atoms with E-state index in [1.807, 2.05) is 0 Å². The Morgan fingerprint density at radius 3 is 2.61 bits per heavy atom. The number of rotatable bonds is 3. The van der Waals surface area contributed by atoms with Gasteiger partial charge in [0, 0.05) is 19.0 Å². The number of carboxylic acid groups (broad SMARTS) is 1. The summed E-state index contributed by atoms with van der Waals surface area (Å²) in [6.45, 7) is 6.36.